The Morgan fingerprint density at radius 1 is 1.28 bits per heavy atom. The van der Waals surface area contributed by atoms with E-state index in [4.69, 9.17) is 4.74 Å². The van der Waals surface area contributed by atoms with Gasteiger partial charge in [-0.1, -0.05) is 31.5 Å². The summed E-state index contributed by atoms with van der Waals surface area (Å²) in [6.07, 6.45) is 5.16. The van der Waals surface area contributed by atoms with Gasteiger partial charge in [-0.05, 0) is 37.8 Å². The van der Waals surface area contributed by atoms with Gasteiger partial charge in [-0.3, -0.25) is 9.78 Å². The lowest BCUT2D eigenvalue weighted by Crippen LogP contribution is -2.52. The van der Waals surface area contributed by atoms with E-state index in [1.165, 1.54) is 4.31 Å². The molecular weight excluding hydrogens is 390 g/mol. The number of nitrogens with zero attached hydrogens (tertiary/aromatic N) is 2. The van der Waals surface area contributed by atoms with Gasteiger partial charge < -0.3 is 10.1 Å². The predicted octanol–water partition coefficient (Wildman–Crippen LogP) is 2.71. The smallest absolute Gasteiger partial charge is 0.238 e. The molecule has 1 aromatic heterocycles. The van der Waals surface area contributed by atoms with Crippen molar-refractivity contribution in [1.29, 1.82) is 0 Å². The first-order valence-corrected chi connectivity index (χ1v) is 11.9. The fourth-order valence-corrected chi connectivity index (χ4v) is 5.40. The number of hydrogen-bond donors (Lipinski definition) is 1. The fraction of sp³-hybridized carbons (Fsp3) is 0.524. The Morgan fingerprint density at radius 2 is 2.10 bits per heavy atom. The van der Waals surface area contributed by atoms with Gasteiger partial charge >= 0.3 is 0 Å². The van der Waals surface area contributed by atoms with E-state index in [2.05, 4.69) is 10.3 Å². The molecule has 0 saturated carbocycles. The second-order valence-electron chi connectivity index (χ2n) is 7.26. The number of benzene rings is 1. The lowest BCUT2D eigenvalue weighted by atomic mass is 10.0. The van der Waals surface area contributed by atoms with Crippen molar-refractivity contribution in [3.05, 3.63) is 36.5 Å². The lowest BCUT2D eigenvalue weighted by Gasteiger charge is -2.33. The molecule has 1 aliphatic rings. The third-order valence-electron chi connectivity index (χ3n) is 5.05. The summed E-state index contributed by atoms with van der Waals surface area (Å²) in [7, 11) is -3.38. The highest BCUT2D eigenvalue weighted by atomic mass is 32.2. The molecule has 1 atom stereocenters. The largest absolute Gasteiger partial charge is 0.491 e. The molecule has 1 N–H and O–H groups in total. The average Bonchev–Trinajstić information content (AvgIpc) is 2.73. The molecule has 1 aromatic carbocycles. The van der Waals surface area contributed by atoms with Crippen LogP contribution in [-0.4, -0.2) is 55.1 Å². The molecule has 158 valence electrons. The number of carbonyl (C=O) groups is 1. The third-order valence-corrected chi connectivity index (χ3v) is 7.13. The Morgan fingerprint density at radius 3 is 2.93 bits per heavy atom. The number of ether oxygens (including phenoxy) is 1. The minimum Gasteiger partial charge on any atom is -0.491 e. The normalized spacial score (nSPS) is 17.9. The van der Waals surface area contributed by atoms with Crippen molar-refractivity contribution in [2.24, 2.45) is 0 Å². The van der Waals surface area contributed by atoms with E-state index in [-0.39, 0.29) is 11.7 Å². The summed E-state index contributed by atoms with van der Waals surface area (Å²) in [5.74, 6) is 0.596. The Labute approximate surface area is 172 Å². The molecule has 8 heteroatoms. The van der Waals surface area contributed by atoms with Crippen LogP contribution in [0.2, 0.25) is 0 Å². The minimum absolute atomic E-state index is 0.0870. The molecule has 1 unspecified atom stereocenters. The van der Waals surface area contributed by atoms with Crippen molar-refractivity contribution in [2.45, 2.75) is 45.1 Å². The second kappa shape index (κ2) is 10.0. The minimum atomic E-state index is -3.38. The molecule has 2 heterocycles. The van der Waals surface area contributed by atoms with Crippen molar-refractivity contribution < 1.29 is 17.9 Å². The van der Waals surface area contributed by atoms with E-state index in [9.17, 15) is 13.2 Å². The summed E-state index contributed by atoms with van der Waals surface area (Å²) in [4.78, 5) is 17.0. The SMILES string of the molecule is CCCS(=O)(=O)N1CCCCC1C(=O)NCCCOc1cccc2cccnc12. The molecule has 29 heavy (non-hydrogen) atoms. The topological polar surface area (TPSA) is 88.6 Å². The number of fused-ring (bicyclic) bond motifs is 1. The van der Waals surface area contributed by atoms with E-state index in [1.54, 1.807) is 6.20 Å². The van der Waals surface area contributed by atoms with Gasteiger partial charge in [-0.25, -0.2) is 8.42 Å². The maximum Gasteiger partial charge on any atom is 0.238 e. The Hall–Kier alpha value is -2.19. The van der Waals surface area contributed by atoms with Crippen molar-refractivity contribution in [1.82, 2.24) is 14.6 Å². The van der Waals surface area contributed by atoms with Crippen molar-refractivity contribution in [2.75, 3.05) is 25.4 Å². The molecule has 0 aliphatic carbocycles. The maximum absolute atomic E-state index is 12.6. The van der Waals surface area contributed by atoms with E-state index >= 15 is 0 Å². The van der Waals surface area contributed by atoms with Crippen LogP contribution in [0.25, 0.3) is 10.9 Å². The van der Waals surface area contributed by atoms with Gasteiger partial charge in [0.1, 0.15) is 17.3 Å². The zero-order valence-corrected chi connectivity index (χ0v) is 17.7. The van der Waals surface area contributed by atoms with Crippen LogP contribution in [-0.2, 0) is 14.8 Å². The number of aromatic nitrogens is 1. The molecule has 0 spiro atoms. The summed E-state index contributed by atoms with van der Waals surface area (Å²) in [6, 6.07) is 9.07. The molecule has 2 aromatic rings. The summed E-state index contributed by atoms with van der Waals surface area (Å²) >= 11 is 0. The molecule has 0 bridgehead atoms. The Kier molecular flexibility index (Phi) is 7.44. The average molecular weight is 420 g/mol. The first kappa shape index (κ1) is 21.5. The lowest BCUT2D eigenvalue weighted by molar-refractivity contribution is -0.125. The standard InChI is InChI=1S/C21H29N3O4S/c1-2-16-29(26,27)24-14-4-3-10-18(24)21(25)23-13-7-15-28-19-11-5-8-17-9-6-12-22-20(17)19/h5-6,8-9,11-12,18H,2-4,7,10,13-16H2,1H3,(H,23,25). The molecule has 7 nitrogen and oxygen atoms in total. The first-order valence-electron chi connectivity index (χ1n) is 10.3. The first-order chi connectivity index (χ1) is 14.0. The number of nitrogens with one attached hydrogen (secondary N) is 1. The van der Waals surface area contributed by atoms with E-state index in [1.807, 2.05) is 37.3 Å². The zero-order chi connectivity index (χ0) is 20.7. The quantitative estimate of drug-likeness (QED) is 0.632. The number of pyridine rings is 1. The number of para-hydroxylation sites is 1. The van der Waals surface area contributed by atoms with Crippen LogP contribution in [0.1, 0.15) is 39.0 Å². The second-order valence-corrected chi connectivity index (χ2v) is 9.30. The molecule has 1 aliphatic heterocycles. The van der Waals surface area contributed by atoms with Gasteiger partial charge in [0.25, 0.3) is 0 Å². The summed E-state index contributed by atoms with van der Waals surface area (Å²) in [5.41, 5.74) is 0.818. The van der Waals surface area contributed by atoms with E-state index < -0.39 is 16.1 Å². The van der Waals surface area contributed by atoms with Gasteiger partial charge in [0.2, 0.25) is 15.9 Å². The maximum atomic E-state index is 12.6. The van der Waals surface area contributed by atoms with Crippen LogP contribution in [0.4, 0.5) is 0 Å². The van der Waals surface area contributed by atoms with Gasteiger partial charge in [0, 0.05) is 24.7 Å². The summed E-state index contributed by atoms with van der Waals surface area (Å²) in [5, 5.41) is 3.90. The number of amides is 1. The summed E-state index contributed by atoms with van der Waals surface area (Å²) in [6.45, 7) is 3.15. The van der Waals surface area contributed by atoms with Gasteiger partial charge in [0.15, 0.2) is 0 Å². The van der Waals surface area contributed by atoms with Crippen LogP contribution in [0, 0.1) is 0 Å². The zero-order valence-electron chi connectivity index (χ0n) is 16.8. The highest BCUT2D eigenvalue weighted by Gasteiger charge is 2.35. The Bertz CT molecular complexity index is 927. The molecular formula is C21H29N3O4S. The molecule has 1 fully saturated rings. The third kappa shape index (κ3) is 5.45. The number of rotatable bonds is 9. The monoisotopic (exact) mass is 419 g/mol. The highest BCUT2D eigenvalue weighted by molar-refractivity contribution is 7.89. The van der Waals surface area contributed by atoms with Gasteiger partial charge in [-0.2, -0.15) is 4.31 Å². The van der Waals surface area contributed by atoms with Gasteiger partial charge in [0.05, 0.1) is 12.4 Å². The molecule has 1 amide bonds. The van der Waals surface area contributed by atoms with E-state index in [0.29, 0.717) is 39.0 Å². The highest BCUT2D eigenvalue weighted by Crippen LogP contribution is 2.23. The van der Waals surface area contributed by atoms with Crippen molar-refractivity contribution in [3.63, 3.8) is 0 Å². The molecule has 3 rings (SSSR count). The van der Waals surface area contributed by atoms with Crippen LogP contribution >= 0.6 is 0 Å². The van der Waals surface area contributed by atoms with Gasteiger partial charge in [-0.15, -0.1) is 0 Å². The summed E-state index contributed by atoms with van der Waals surface area (Å²) < 4.78 is 32.2. The van der Waals surface area contributed by atoms with Crippen LogP contribution in [0.3, 0.4) is 0 Å². The molecule has 0 radical (unpaired) electrons. The van der Waals surface area contributed by atoms with Crippen LogP contribution in [0.15, 0.2) is 36.5 Å². The van der Waals surface area contributed by atoms with Crippen molar-refractivity contribution in [3.8, 4) is 5.75 Å². The predicted molar refractivity (Wildman–Crippen MR) is 113 cm³/mol. The molecule has 1 saturated heterocycles. The number of piperidine rings is 1. The fourth-order valence-electron chi connectivity index (χ4n) is 3.65. The van der Waals surface area contributed by atoms with Crippen LogP contribution in [0.5, 0.6) is 5.75 Å². The number of sulfonamides is 1. The van der Waals surface area contributed by atoms with Crippen molar-refractivity contribution >= 4 is 26.8 Å². The van der Waals surface area contributed by atoms with Crippen LogP contribution < -0.4 is 10.1 Å². The Balaban J connectivity index is 1.49. The number of hydrogen-bond acceptors (Lipinski definition) is 5. The van der Waals surface area contributed by atoms with E-state index in [0.717, 1.165) is 29.5 Å². The number of carbonyl (C=O) groups excluding carboxylic acids is 1.